The van der Waals surface area contributed by atoms with Crippen LogP contribution in [0, 0.1) is 11.8 Å². The molecule has 7 nitrogen and oxygen atoms in total. The first-order chi connectivity index (χ1) is 12.4. The Morgan fingerprint density at radius 1 is 0.963 bits per heavy atom. The van der Waals surface area contributed by atoms with Gasteiger partial charge in [0, 0.05) is 12.1 Å². The highest BCUT2D eigenvalue weighted by atomic mass is 16.6. The van der Waals surface area contributed by atoms with Crippen LogP contribution in [-0.2, 0) is 14.3 Å². The van der Waals surface area contributed by atoms with E-state index in [9.17, 15) is 14.4 Å². The van der Waals surface area contributed by atoms with Crippen LogP contribution in [0.4, 0.5) is 4.79 Å². The summed E-state index contributed by atoms with van der Waals surface area (Å²) in [5, 5.41) is 8.21. The van der Waals surface area contributed by atoms with Gasteiger partial charge in [-0.3, -0.25) is 9.59 Å². The van der Waals surface area contributed by atoms with Crippen LogP contribution >= 0.6 is 0 Å². The molecule has 0 heterocycles. The first-order valence-electron chi connectivity index (χ1n) is 9.37. The fraction of sp³-hybridized carbons (Fsp3) is 0.650. The predicted octanol–water partition coefficient (Wildman–Crippen LogP) is 2.64. The van der Waals surface area contributed by atoms with E-state index >= 15 is 0 Å². The number of carbonyl (C=O) groups is 3. The Morgan fingerprint density at radius 3 is 1.96 bits per heavy atom. The number of hydrogen-bond donors (Lipinski definition) is 3. The van der Waals surface area contributed by atoms with Gasteiger partial charge in [0.2, 0.25) is 11.8 Å². The molecule has 0 aromatic rings. The summed E-state index contributed by atoms with van der Waals surface area (Å²) in [6.07, 6.45) is 5.65. The lowest BCUT2D eigenvalue weighted by molar-refractivity contribution is -0.131. The van der Waals surface area contributed by atoms with Crippen LogP contribution < -0.4 is 16.0 Å². The fourth-order valence-electron chi connectivity index (χ4n) is 2.52. The summed E-state index contributed by atoms with van der Waals surface area (Å²) in [5.74, 6) is -0.968. The maximum Gasteiger partial charge on any atom is 0.408 e. The molecule has 7 heteroatoms. The maximum atomic E-state index is 12.8. The second-order valence-corrected chi connectivity index (χ2v) is 8.41. The number of nitrogens with one attached hydrogen (secondary N) is 3. The number of ether oxygens (including phenoxy) is 1. The molecule has 152 valence electrons. The van der Waals surface area contributed by atoms with Gasteiger partial charge in [-0.2, -0.15) is 0 Å². The number of alkyl carbamates (subject to hydrolysis) is 1. The van der Waals surface area contributed by atoms with Crippen LogP contribution in [0.15, 0.2) is 23.9 Å². The first kappa shape index (κ1) is 22.7. The van der Waals surface area contributed by atoms with E-state index in [-0.39, 0.29) is 17.7 Å². The molecule has 0 bridgehead atoms. The summed E-state index contributed by atoms with van der Waals surface area (Å²) in [6, 6.07) is -1.51. The van der Waals surface area contributed by atoms with E-state index in [1.54, 1.807) is 20.8 Å². The van der Waals surface area contributed by atoms with E-state index in [1.165, 1.54) is 0 Å². The Labute approximate surface area is 162 Å². The van der Waals surface area contributed by atoms with Crippen molar-refractivity contribution in [1.82, 2.24) is 16.0 Å². The molecule has 0 aromatic heterocycles. The summed E-state index contributed by atoms with van der Waals surface area (Å²) < 4.78 is 5.23. The molecule has 3 N–H and O–H groups in total. The molecule has 1 rings (SSSR count). The zero-order chi connectivity index (χ0) is 20.8. The van der Waals surface area contributed by atoms with Gasteiger partial charge in [-0.25, -0.2) is 4.79 Å². The van der Waals surface area contributed by atoms with E-state index in [0.29, 0.717) is 6.42 Å². The lowest BCUT2D eigenvalue weighted by Crippen LogP contribution is -2.57. The smallest absolute Gasteiger partial charge is 0.408 e. The molecule has 0 fully saturated rings. The van der Waals surface area contributed by atoms with E-state index in [1.807, 2.05) is 45.9 Å². The van der Waals surface area contributed by atoms with E-state index < -0.39 is 29.7 Å². The van der Waals surface area contributed by atoms with Crippen molar-refractivity contribution in [2.24, 2.45) is 11.8 Å². The molecule has 1 aliphatic rings. The van der Waals surface area contributed by atoms with Crippen molar-refractivity contribution in [3.8, 4) is 0 Å². The maximum absolute atomic E-state index is 12.8. The number of allylic oxidation sites excluding steroid dienone is 3. The number of amides is 3. The van der Waals surface area contributed by atoms with E-state index in [0.717, 1.165) is 5.70 Å². The SMILES string of the molecule is CC(C)[C@H](NC(=O)OC(C)(C)C)C(=O)N[C@H](C(=O)NC1=CC=CC1)C(C)C. The summed E-state index contributed by atoms with van der Waals surface area (Å²) in [5.41, 5.74) is 0.137. The molecule has 0 spiro atoms. The van der Waals surface area contributed by atoms with Crippen LogP contribution in [0.3, 0.4) is 0 Å². The van der Waals surface area contributed by atoms with Crippen LogP contribution in [0.5, 0.6) is 0 Å². The zero-order valence-electron chi connectivity index (χ0n) is 17.4. The fourth-order valence-corrected chi connectivity index (χ4v) is 2.52. The lowest BCUT2D eigenvalue weighted by atomic mass is 9.99. The van der Waals surface area contributed by atoms with Crippen LogP contribution in [0.25, 0.3) is 0 Å². The summed E-state index contributed by atoms with van der Waals surface area (Å²) in [6.45, 7) is 12.6. The van der Waals surface area contributed by atoms with Gasteiger partial charge >= 0.3 is 6.09 Å². The Hall–Kier alpha value is -2.31. The molecular weight excluding hydrogens is 346 g/mol. The first-order valence-corrected chi connectivity index (χ1v) is 9.37. The average molecular weight is 380 g/mol. The molecule has 1 aliphatic carbocycles. The molecule has 0 unspecified atom stereocenters. The van der Waals surface area contributed by atoms with E-state index in [4.69, 9.17) is 4.74 Å². The van der Waals surface area contributed by atoms with Crippen molar-refractivity contribution in [3.05, 3.63) is 23.9 Å². The largest absolute Gasteiger partial charge is 0.444 e. The van der Waals surface area contributed by atoms with Gasteiger partial charge in [-0.05, 0) is 38.7 Å². The Bertz CT molecular complexity index is 615. The molecule has 0 radical (unpaired) electrons. The molecule has 27 heavy (non-hydrogen) atoms. The van der Waals surface area contributed by atoms with E-state index in [2.05, 4.69) is 16.0 Å². The molecular formula is C20H33N3O4. The summed E-state index contributed by atoms with van der Waals surface area (Å²) in [4.78, 5) is 37.4. The summed E-state index contributed by atoms with van der Waals surface area (Å²) >= 11 is 0. The van der Waals surface area contributed by atoms with Crippen LogP contribution in [0.1, 0.15) is 54.9 Å². The lowest BCUT2D eigenvalue weighted by Gasteiger charge is -2.28. The van der Waals surface area contributed by atoms with Gasteiger partial charge in [-0.1, -0.05) is 39.8 Å². The molecule has 2 atom stereocenters. The van der Waals surface area contributed by atoms with Gasteiger partial charge < -0.3 is 20.7 Å². The number of carbonyl (C=O) groups excluding carboxylic acids is 3. The second kappa shape index (κ2) is 9.58. The van der Waals surface area contributed by atoms with Gasteiger partial charge in [0.1, 0.15) is 17.7 Å². The quantitative estimate of drug-likeness (QED) is 0.633. The monoisotopic (exact) mass is 379 g/mol. The molecule has 0 aromatic carbocycles. The minimum atomic E-state index is -0.804. The van der Waals surface area contributed by atoms with Crippen molar-refractivity contribution in [3.63, 3.8) is 0 Å². The van der Waals surface area contributed by atoms with Crippen LogP contribution in [-0.4, -0.2) is 35.6 Å². The van der Waals surface area contributed by atoms with Crippen molar-refractivity contribution >= 4 is 17.9 Å². The topological polar surface area (TPSA) is 96.5 Å². The molecule has 0 aliphatic heterocycles. The van der Waals surface area contributed by atoms with Gasteiger partial charge in [0.25, 0.3) is 0 Å². The minimum Gasteiger partial charge on any atom is -0.444 e. The predicted molar refractivity (Wildman–Crippen MR) is 105 cm³/mol. The number of rotatable bonds is 7. The Kier molecular flexibility index (Phi) is 8.06. The third-order valence-electron chi connectivity index (χ3n) is 3.92. The zero-order valence-corrected chi connectivity index (χ0v) is 17.4. The number of hydrogen-bond acceptors (Lipinski definition) is 4. The third-order valence-corrected chi connectivity index (χ3v) is 3.92. The second-order valence-electron chi connectivity index (χ2n) is 8.41. The van der Waals surface area contributed by atoms with Gasteiger partial charge in [0.05, 0.1) is 0 Å². The third kappa shape index (κ3) is 7.85. The standard InChI is InChI=1S/C20H33N3O4/c1-12(2)15(17(24)21-14-10-8-9-11-14)22-18(25)16(13(3)4)23-19(26)27-20(5,6)7/h8-10,12-13,15-16H,11H2,1-7H3,(H,21,24)(H,22,25)(H,23,26)/t15-,16-/m0/s1. The van der Waals surface area contributed by atoms with Crippen molar-refractivity contribution in [1.29, 1.82) is 0 Å². The highest BCUT2D eigenvalue weighted by molar-refractivity contribution is 5.92. The summed E-state index contributed by atoms with van der Waals surface area (Å²) in [7, 11) is 0. The average Bonchev–Trinajstić information content (AvgIpc) is 3.00. The van der Waals surface area contributed by atoms with Crippen molar-refractivity contribution in [2.45, 2.75) is 72.6 Å². The van der Waals surface area contributed by atoms with Gasteiger partial charge in [0.15, 0.2) is 0 Å². The van der Waals surface area contributed by atoms with Crippen LogP contribution in [0.2, 0.25) is 0 Å². The minimum absolute atomic E-state index is 0.113. The molecule has 3 amide bonds. The normalized spacial score (nSPS) is 16.0. The van der Waals surface area contributed by atoms with Crippen molar-refractivity contribution < 1.29 is 19.1 Å². The molecule has 0 saturated carbocycles. The highest BCUT2D eigenvalue weighted by Crippen LogP contribution is 2.12. The van der Waals surface area contributed by atoms with Gasteiger partial charge in [-0.15, -0.1) is 0 Å². The van der Waals surface area contributed by atoms with Crippen molar-refractivity contribution in [2.75, 3.05) is 0 Å². The highest BCUT2D eigenvalue weighted by Gasteiger charge is 2.31. The Morgan fingerprint density at radius 2 is 1.52 bits per heavy atom. The Balaban J connectivity index is 2.77. The molecule has 0 saturated heterocycles.